The molecule has 6 nitrogen and oxygen atoms in total. The molecule has 3 heterocycles. The summed E-state index contributed by atoms with van der Waals surface area (Å²) in [4.78, 5) is 41.4. The van der Waals surface area contributed by atoms with Crippen LogP contribution in [0.3, 0.4) is 0 Å². The third-order valence-electron chi connectivity index (χ3n) is 7.68. The van der Waals surface area contributed by atoms with Crippen molar-refractivity contribution in [2.45, 2.75) is 75.8 Å². The van der Waals surface area contributed by atoms with Crippen molar-refractivity contribution in [2.75, 3.05) is 13.1 Å². The molecule has 3 aliphatic carbocycles. The van der Waals surface area contributed by atoms with E-state index in [1.54, 1.807) is 0 Å². The second-order valence-electron chi connectivity index (χ2n) is 9.40. The Hall–Kier alpha value is -1.59. The Kier molecular flexibility index (Phi) is 3.80. The number of hydrogen-bond acceptors (Lipinski definition) is 3. The van der Waals surface area contributed by atoms with Crippen molar-refractivity contribution in [3.8, 4) is 0 Å². The first-order valence-electron chi connectivity index (χ1n) is 10.5. The van der Waals surface area contributed by atoms with Crippen molar-refractivity contribution in [3.63, 3.8) is 0 Å². The highest BCUT2D eigenvalue weighted by Crippen LogP contribution is 2.47. The van der Waals surface area contributed by atoms with Crippen LogP contribution in [0.4, 0.5) is 4.79 Å². The largest absolute Gasteiger partial charge is 0.339 e. The molecular formula is C20H29N3O3. The lowest BCUT2D eigenvalue weighted by atomic mass is 9.68. The number of carbonyl (C=O) groups excluding carboxylic acids is 3. The molecule has 6 heteroatoms. The minimum atomic E-state index is -0.666. The highest BCUT2D eigenvalue weighted by atomic mass is 16.2. The number of hydrogen-bond donors (Lipinski definition) is 1. The Bertz CT molecular complexity index is 628. The van der Waals surface area contributed by atoms with Crippen LogP contribution in [-0.2, 0) is 9.59 Å². The predicted molar refractivity (Wildman–Crippen MR) is 95.1 cm³/mol. The Morgan fingerprint density at radius 2 is 1.65 bits per heavy atom. The molecule has 142 valence electrons. The number of rotatable bonds is 3. The van der Waals surface area contributed by atoms with E-state index in [1.807, 2.05) is 0 Å². The summed E-state index contributed by atoms with van der Waals surface area (Å²) >= 11 is 0. The molecule has 4 bridgehead atoms. The molecule has 1 spiro atoms. The number of fused-ring (bicyclic) bond motifs is 1. The van der Waals surface area contributed by atoms with Crippen molar-refractivity contribution in [3.05, 3.63) is 0 Å². The number of urea groups is 1. The first kappa shape index (κ1) is 16.6. The lowest BCUT2D eigenvalue weighted by Gasteiger charge is -2.39. The number of carbonyl (C=O) groups is 3. The van der Waals surface area contributed by atoms with Gasteiger partial charge in [-0.2, -0.15) is 0 Å². The van der Waals surface area contributed by atoms with E-state index in [9.17, 15) is 14.4 Å². The predicted octanol–water partition coefficient (Wildman–Crippen LogP) is 2.28. The Morgan fingerprint density at radius 1 is 1.00 bits per heavy atom. The maximum absolute atomic E-state index is 13.0. The maximum Gasteiger partial charge on any atom is 0.325 e. The lowest BCUT2D eigenvalue weighted by Crippen LogP contribution is -2.45. The van der Waals surface area contributed by atoms with E-state index in [4.69, 9.17) is 0 Å². The third kappa shape index (κ3) is 2.55. The van der Waals surface area contributed by atoms with E-state index in [1.165, 1.54) is 24.2 Å². The molecular weight excluding hydrogens is 330 g/mol. The summed E-state index contributed by atoms with van der Waals surface area (Å²) in [7, 11) is 0. The SMILES string of the molecule is O=C1NC2(CCCC2)C(=O)N1CCC(=O)N1CC2CC3CC(C2)CC1C3. The highest BCUT2D eigenvalue weighted by molar-refractivity contribution is 6.07. The van der Waals surface area contributed by atoms with E-state index in [0.717, 1.165) is 56.9 Å². The summed E-state index contributed by atoms with van der Waals surface area (Å²) in [5.41, 5.74) is -0.666. The zero-order valence-electron chi connectivity index (χ0n) is 15.4. The average Bonchev–Trinajstić information content (AvgIpc) is 3.09. The van der Waals surface area contributed by atoms with Gasteiger partial charge >= 0.3 is 6.03 Å². The Labute approximate surface area is 154 Å². The summed E-state index contributed by atoms with van der Waals surface area (Å²) in [6.07, 6.45) is 9.96. The molecule has 4 amide bonds. The lowest BCUT2D eigenvalue weighted by molar-refractivity contribution is -0.135. The average molecular weight is 359 g/mol. The fourth-order valence-electron chi connectivity index (χ4n) is 6.64. The fraction of sp³-hybridized carbons (Fsp3) is 0.850. The van der Waals surface area contributed by atoms with Gasteiger partial charge in [0, 0.05) is 25.6 Å². The molecule has 6 rings (SSSR count). The number of nitrogens with one attached hydrogen (secondary N) is 1. The maximum atomic E-state index is 13.0. The van der Waals surface area contributed by atoms with E-state index < -0.39 is 5.54 Å². The molecule has 0 aromatic heterocycles. The molecule has 3 aliphatic heterocycles. The first-order chi connectivity index (χ1) is 12.5. The van der Waals surface area contributed by atoms with Crippen molar-refractivity contribution in [1.82, 2.24) is 15.1 Å². The van der Waals surface area contributed by atoms with Gasteiger partial charge in [-0.25, -0.2) is 4.79 Å². The van der Waals surface area contributed by atoms with Crippen LogP contribution in [-0.4, -0.2) is 52.3 Å². The normalized spacial score (nSPS) is 37.5. The number of imide groups is 1. The fourth-order valence-corrected chi connectivity index (χ4v) is 6.64. The van der Waals surface area contributed by atoms with Crippen molar-refractivity contribution >= 4 is 17.8 Å². The van der Waals surface area contributed by atoms with Gasteiger partial charge in [0.05, 0.1) is 0 Å². The van der Waals surface area contributed by atoms with Crippen LogP contribution in [0.15, 0.2) is 0 Å². The molecule has 1 N–H and O–H groups in total. The van der Waals surface area contributed by atoms with Gasteiger partial charge in [0.2, 0.25) is 5.91 Å². The smallest absolute Gasteiger partial charge is 0.325 e. The van der Waals surface area contributed by atoms with Crippen LogP contribution >= 0.6 is 0 Å². The molecule has 3 saturated carbocycles. The van der Waals surface area contributed by atoms with E-state index in [-0.39, 0.29) is 30.8 Å². The van der Waals surface area contributed by atoms with Crippen LogP contribution in [0.2, 0.25) is 0 Å². The first-order valence-corrected chi connectivity index (χ1v) is 10.5. The van der Waals surface area contributed by atoms with Crippen LogP contribution in [0, 0.1) is 17.8 Å². The minimum Gasteiger partial charge on any atom is -0.339 e. The molecule has 6 fully saturated rings. The molecule has 26 heavy (non-hydrogen) atoms. The van der Waals surface area contributed by atoms with E-state index in [2.05, 4.69) is 10.2 Å². The topological polar surface area (TPSA) is 69.7 Å². The monoisotopic (exact) mass is 359 g/mol. The summed E-state index contributed by atoms with van der Waals surface area (Å²) in [5.74, 6) is 2.31. The van der Waals surface area contributed by atoms with Gasteiger partial charge in [0.1, 0.15) is 5.54 Å². The number of amides is 4. The van der Waals surface area contributed by atoms with Crippen LogP contribution in [0.25, 0.3) is 0 Å². The minimum absolute atomic E-state index is 0.108. The zero-order chi connectivity index (χ0) is 17.9. The van der Waals surface area contributed by atoms with Crippen molar-refractivity contribution in [2.24, 2.45) is 17.8 Å². The standard InChI is InChI=1S/C20H29N3O3/c24-17(23-12-15-8-13-7-14(9-15)11-16(23)10-13)3-6-22-18(25)20(21-19(22)26)4-1-2-5-20/h13-16H,1-12H2,(H,21,26). The van der Waals surface area contributed by atoms with Crippen molar-refractivity contribution in [1.29, 1.82) is 0 Å². The summed E-state index contributed by atoms with van der Waals surface area (Å²) in [6.45, 7) is 1.12. The Balaban J connectivity index is 1.24. The van der Waals surface area contributed by atoms with Gasteiger partial charge in [0.15, 0.2) is 0 Å². The van der Waals surface area contributed by atoms with Gasteiger partial charge in [-0.05, 0) is 62.7 Å². The second-order valence-corrected chi connectivity index (χ2v) is 9.40. The van der Waals surface area contributed by atoms with Crippen LogP contribution < -0.4 is 5.32 Å². The van der Waals surface area contributed by atoms with Crippen LogP contribution in [0.1, 0.15) is 64.2 Å². The Morgan fingerprint density at radius 3 is 2.35 bits per heavy atom. The molecule has 0 aromatic carbocycles. The van der Waals surface area contributed by atoms with Gasteiger partial charge in [-0.1, -0.05) is 12.8 Å². The summed E-state index contributed by atoms with van der Waals surface area (Å²) in [5, 5.41) is 2.90. The van der Waals surface area contributed by atoms with Gasteiger partial charge in [0.25, 0.3) is 5.91 Å². The molecule has 0 radical (unpaired) electrons. The zero-order valence-corrected chi connectivity index (χ0v) is 15.4. The highest BCUT2D eigenvalue weighted by Gasteiger charge is 2.52. The molecule has 0 aromatic rings. The summed E-state index contributed by atoms with van der Waals surface area (Å²) in [6, 6.07) is 0.0867. The van der Waals surface area contributed by atoms with E-state index >= 15 is 0 Å². The van der Waals surface area contributed by atoms with Gasteiger partial charge in [-0.3, -0.25) is 14.5 Å². The van der Waals surface area contributed by atoms with Crippen molar-refractivity contribution < 1.29 is 14.4 Å². The second kappa shape index (κ2) is 5.96. The summed E-state index contributed by atoms with van der Waals surface area (Å²) < 4.78 is 0. The quantitative estimate of drug-likeness (QED) is 0.786. The molecule has 3 saturated heterocycles. The third-order valence-corrected chi connectivity index (χ3v) is 7.68. The van der Waals surface area contributed by atoms with E-state index in [0.29, 0.717) is 12.0 Å². The molecule has 2 unspecified atom stereocenters. The molecule has 6 aliphatic rings. The van der Waals surface area contributed by atoms with Gasteiger partial charge in [-0.15, -0.1) is 0 Å². The van der Waals surface area contributed by atoms with Gasteiger partial charge < -0.3 is 10.2 Å². The number of nitrogens with zero attached hydrogens (tertiary/aromatic N) is 2. The van der Waals surface area contributed by atoms with Crippen LogP contribution in [0.5, 0.6) is 0 Å². The molecule has 2 atom stereocenters.